The topological polar surface area (TPSA) is 21.3 Å². The Hall–Kier alpha value is -0.570. The molecule has 1 aliphatic rings. The summed E-state index contributed by atoms with van der Waals surface area (Å²) in [5.41, 5.74) is 1.17. The Morgan fingerprint density at radius 2 is 2.05 bits per heavy atom. The first-order valence-corrected chi connectivity index (χ1v) is 7.62. The second kappa shape index (κ2) is 7.28. The minimum absolute atomic E-state index is 0.0992. The Kier molecular flexibility index (Phi) is 5.68. The third-order valence-corrected chi connectivity index (χ3v) is 4.16. The van der Waals surface area contributed by atoms with E-state index >= 15 is 0 Å². The normalized spacial score (nSPS) is 25.2. The number of nitrogens with one attached hydrogen (secondary N) is 1. The standard InChI is InChI=1S/C16H24ClNO/c1-12-6-8-15(9-7-12)19-16(11-18-2)13-4-3-5-14(17)10-13/h3-5,10,12,15-16,18H,6-9,11H2,1-2H3. The zero-order chi connectivity index (χ0) is 13.7. The fourth-order valence-electron chi connectivity index (χ4n) is 2.73. The van der Waals surface area contributed by atoms with Gasteiger partial charge < -0.3 is 10.1 Å². The maximum absolute atomic E-state index is 6.30. The molecular formula is C16H24ClNO. The van der Waals surface area contributed by atoms with E-state index < -0.39 is 0 Å². The molecule has 1 aromatic carbocycles. The lowest BCUT2D eigenvalue weighted by Crippen LogP contribution is -2.27. The predicted molar refractivity (Wildman–Crippen MR) is 80.6 cm³/mol. The number of ether oxygens (including phenoxy) is 1. The predicted octanol–water partition coefficient (Wildman–Crippen LogP) is 4.20. The van der Waals surface area contributed by atoms with E-state index in [-0.39, 0.29) is 6.10 Å². The molecule has 2 nitrogen and oxygen atoms in total. The molecule has 1 N–H and O–H groups in total. The lowest BCUT2D eigenvalue weighted by Gasteiger charge is -2.30. The Labute approximate surface area is 121 Å². The summed E-state index contributed by atoms with van der Waals surface area (Å²) in [6.07, 6.45) is 5.43. The number of rotatable bonds is 5. The van der Waals surface area contributed by atoms with Crippen molar-refractivity contribution in [3.63, 3.8) is 0 Å². The molecule has 1 aromatic rings. The van der Waals surface area contributed by atoms with Crippen molar-refractivity contribution >= 4 is 11.6 Å². The molecular weight excluding hydrogens is 258 g/mol. The first kappa shape index (κ1) is 14.8. The van der Waals surface area contributed by atoms with Gasteiger partial charge in [-0.1, -0.05) is 30.7 Å². The summed E-state index contributed by atoms with van der Waals surface area (Å²) >= 11 is 6.07. The highest BCUT2D eigenvalue weighted by Crippen LogP contribution is 2.30. The van der Waals surface area contributed by atoms with Gasteiger partial charge in [-0.2, -0.15) is 0 Å². The molecule has 0 heterocycles. The van der Waals surface area contributed by atoms with Gasteiger partial charge in [0.1, 0.15) is 0 Å². The Morgan fingerprint density at radius 3 is 2.68 bits per heavy atom. The van der Waals surface area contributed by atoms with Crippen molar-refractivity contribution in [1.29, 1.82) is 0 Å². The average molecular weight is 282 g/mol. The van der Waals surface area contributed by atoms with Crippen LogP contribution in [-0.2, 0) is 4.74 Å². The average Bonchev–Trinajstić information content (AvgIpc) is 2.41. The van der Waals surface area contributed by atoms with Gasteiger partial charge in [-0.3, -0.25) is 0 Å². The van der Waals surface area contributed by atoms with E-state index in [0.717, 1.165) is 17.5 Å². The van der Waals surface area contributed by atoms with Gasteiger partial charge in [-0.05, 0) is 56.3 Å². The summed E-state index contributed by atoms with van der Waals surface area (Å²) in [7, 11) is 1.96. The van der Waals surface area contributed by atoms with Crippen LogP contribution in [0.5, 0.6) is 0 Å². The molecule has 0 saturated heterocycles. The van der Waals surface area contributed by atoms with Crippen molar-refractivity contribution in [1.82, 2.24) is 5.32 Å². The fraction of sp³-hybridized carbons (Fsp3) is 0.625. The van der Waals surface area contributed by atoms with E-state index in [0.29, 0.717) is 6.10 Å². The third kappa shape index (κ3) is 4.48. The van der Waals surface area contributed by atoms with Crippen molar-refractivity contribution in [2.75, 3.05) is 13.6 Å². The first-order valence-electron chi connectivity index (χ1n) is 7.24. The van der Waals surface area contributed by atoms with Crippen molar-refractivity contribution in [3.8, 4) is 0 Å². The maximum Gasteiger partial charge on any atom is 0.0953 e. The molecule has 0 radical (unpaired) electrons. The summed E-state index contributed by atoms with van der Waals surface area (Å²) in [6.45, 7) is 3.16. The summed E-state index contributed by atoms with van der Waals surface area (Å²) in [5.74, 6) is 0.855. The molecule has 2 rings (SSSR count). The molecule has 106 valence electrons. The number of halogens is 1. The highest BCUT2D eigenvalue weighted by Gasteiger charge is 2.22. The van der Waals surface area contributed by atoms with Crippen LogP contribution in [0, 0.1) is 5.92 Å². The molecule has 3 heteroatoms. The van der Waals surface area contributed by atoms with Crippen molar-refractivity contribution in [3.05, 3.63) is 34.9 Å². The van der Waals surface area contributed by atoms with Gasteiger partial charge in [0, 0.05) is 11.6 Å². The van der Waals surface area contributed by atoms with Crippen molar-refractivity contribution in [2.24, 2.45) is 5.92 Å². The zero-order valence-corrected chi connectivity index (χ0v) is 12.6. The molecule has 0 aliphatic heterocycles. The van der Waals surface area contributed by atoms with Crippen LogP contribution in [0.4, 0.5) is 0 Å². The zero-order valence-electron chi connectivity index (χ0n) is 11.9. The molecule has 19 heavy (non-hydrogen) atoms. The van der Waals surface area contributed by atoms with Gasteiger partial charge in [0.25, 0.3) is 0 Å². The largest absolute Gasteiger partial charge is 0.369 e. The van der Waals surface area contributed by atoms with Crippen LogP contribution in [-0.4, -0.2) is 19.7 Å². The maximum atomic E-state index is 6.30. The smallest absolute Gasteiger partial charge is 0.0953 e. The fourth-order valence-corrected chi connectivity index (χ4v) is 2.93. The highest BCUT2D eigenvalue weighted by molar-refractivity contribution is 6.30. The van der Waals surface area contributed by atoms with E-state index in [4.69, 9.17) is 16.3 Å². The quantitative estimate of drug-likeness (QED) is 0.873. The molecule has 0 spiro atoms. The van der Waals surface area contributed by atoms with Crippen molar-refractivity contribution in [2.45, 2.75) is 44.8 Å². The second-order valence-corrected chi connectivity index (χ2v) is 6.06. The molecule has 0 amide bonds. The molecule has 1 unspecified atom stereocenters. The summed E-state index contributed by atoms with van der Waals surface area (Å²) < 4.78 is 6.30. The summed E-state index contributed by atoms with van der Waals surface area (Å²) in [6, 6.07) is 8.00. The second-order valence-electron chi connectivity index (χ2n) is 5.62. The van der Waals surface area contributed by atoms with Crippen LogP contribution in [0.25, 0.3) is 0 Å². The van der Waals surface area contributed by atoms with Gasteiger partial charge in [0.2, 0.25) is 0 Å². The van der Waals surface area contributed by atoms with Crippen molar-refractivity contribution < 1.29 is 4.74 Å². The van der Waals surface area contributed by atoms with E-state index in [1.54, 1.807) is 0 Å². The number of hydrogen-bond acceptors (Lipinski definition) is 2. The van der Waals surface area contributed by atoms with E-state index in [1.807, 2.05) is 25.2 Å². The number of likely N-dealkylation sites (N-methyl/N-ethyl adjacent to an activating group) is 1. The van der Waals surface area contributed by atoms with Crippen LogP contribution in [0.2, 0.25) is 5.02 Å². The SMILES string of the molecule is CNCC(OC1CCC(C)CC1)c1cccc(Cl)c1. The van der Waals surface area contributed by atoms with Crippen LogP contribution < -0.4 is 5.32 Å². The Balaban J connectivity index is 1.99. The lowest BCUT2D eigenvalue weighted by molar-refractivity contribution is -0.0355. The number of hydrogen-bond donors (Lipinski definition) is 1. The van der Waals surface area contributed by atoms with Gasteiger partial charge >= 0.3 is 0 Å². The van der Waals surface area contributed by atoms with Crippen LogP contribution in [0.3, 0.4) is 0 Å². The van der Waals surface area contributed by atoms with Gasteiger partial charge in [0.05, 0.1) is 12.2 Å². The Morgan fingerprint density at radius 1 is 1.32 bits per heavy atom. The van der Waals surface area contributed by atoms with E-state index in [9.17, 15) is 0 Å². The summed E-state index contributed by atoms with van der Waals surface area (Å²) in [4.78, 5) is 0. The highest BCUT2D eigenvalue weighted by atomic mass is 35.5. The molecule has 1 saturated carbocycles. The monoisotopic (exact) mass is 281 g/mol. The molecule has 0 bridgehead atoms. The van der Waals surface area contributed by atoms with Gasteiger partial charge in [-0.25, -0.2) is 0 Å². The first-order chi connectivity index (χ1) is 9.19. The van der Waals surface area contributed by atoms with E-state index in [2.05, 4.69) is 18.3 Å². The minimum atomic E-state index is 0.0992. The molecule has 1 fully saturated rings. The van der Waals surface area contributed by atoms with E-state index in [1.165, 1.54) is 31.2 Å². The molecule has 0 aromatic heterocycles. The third-order valence-electron chi connectivity index (χ3n) is 3.93. The van der Waals surface area contributed by atoms with Crippen LogP contribution in [0.1, 0.15) is 44.3 Å². The summed E-state index contributed by atoms with van der Waals surface area (Å²) in [5, 5.41) is 3.99. The minimum Gasteiger partial charge on any atom is -0.369 e. The lowest BCUT2D eigenvalue weighted by atomic mass is 9.89. The molecule has 1 aliphatic carbocycles. The molecule has 1 atom stereocenters. The van der Waals surface area contributed by atoms with Gasteiger partial charge in [-0.15, -0.1) is 0 Å². The Bertz CT molecular complexity index is 388. The number of benzene rings is 1. The van der Waals surface area contributed by atoms with Crippen LogP contribution >= 0.6 is 11.6 Å². The van der Waals surface area contributed by atoms with Crippen LogP contribution in [0.15, 0.2) is 24.3 Å². The van der Waals surface area contributed by atoms with Gasteiger partial charge in [0.15, 0.2) is 0 Å².